The van der Waals surface area contributed by atoms with E-state index in [9.17, 15) is 9.00 Å². The predicted octanol–water partition coefficient (Wildman–Crippen LogP) is 2.69. The molecular formula is C20H32ClN4O3S+. The standard InChI is InChI=1S/C20H31ClN4O3S/c21-19-18(22-12-15-4-3-11-28-14-15)13-23-24(20(19)26)16-5-7-17(8-6-16)25(29-27)9-1-2-10-25/h13,15-17,29H,1-12,14H2/p+1/t15-,16-,17-/m1/s1. The molecule has 0 radical (unpaired) electrons. The third-order valence-corrected chi connectivity index (χ3v) is 8.39. The smallest absolute Gasteiger partial charge is 0.287 e. The van der Waals surface area contributed by atoms with E-state index in [1.54, 1.807) is 10.9 Å². The third kappa shape index (κ3) is 4.55. The summed E-state index contributed by atoms with van der Waals surface area (Å²) in [7, 11) is 0. The molecule has 0 bridgehead atoms. The molecule has 1 aliphatic carbocycles. The second kappa shape index (κ2) is 9.45. The van der Waals surface area contributed by atoms with Crippen molar-refractivity contribution in [3.8, 4) is 0 Å². The summed E-state index contributed by atoms with van der Waals surface area (Å²) in [6.07, 6.45) is 9.94. The zero-order valence-corrected chi connectivity index (χ0v) is 18.5. The van der Waals surface area contributed by atoms with E-state index in [2.05, 4.69) is 10.4 Å². The van der Waals surface area contributed by atoms with Crippen LogP contribution in [0.3, 0.4) is 0 Å². The van der Waals surface area contributed by atoms with Crippen molar-refractivity contribution in [2.45, 2.75) is 63.5 Å². The average Bonchev–Trinajstić information content (AvgIpc) is 3.26. The molecule has 2 aliphatic heterocycles. The second-order valence-corrected chi connectivity index (χ2v) is 10.1. The van der Waals surface area contributed by atoms with Gasteiger partial charge in [-0.2, -0.15) is 5.10 Å². The maximum absolute atomic E-state index is 12.8. The Hall–Kier alpha value is -0.960. The number of aromatic nitrogens is 2. The number of nitrogens with one attached hydrogen (secondary N) is 1. The highest BCUT2D eigenvalue weighted by atomic mass is 35.5. The number of quaternary nitrogens is 1. The van der Waals surface area contributed by atoms with Gasteiger partial charge in [0.15, 0.2) is 11.9 Å². The Morgan fingerprint density at radius 1 is 1.21 bits per heavy atom. The molecule has 1 atom stereocenters. The molecule has 2 saturated heterocycles. The molecule has 1 N–H and O–H groups in total. The molecule has 9 heteroatoms. The maximum Gasteiger partial charge on any atom is 0.287 e. The van der Waals surface area contributed by atoms with Gasteiger partial charge in [-0.3, -0.25) is 4.79 Å². The third-order valence-electron chi connectivity index (χ3n) is 6.97. The van der Waals surface area contributed by atoms with Crippen LogP contribution in [-0.4, -0.2) is 56.8 Å². The first-order chi connectivity index (χ1) is 14.1. The molecular weight excluding hydrogens is 412 g/mol. The van der Waals surface area contributed by atoms with Crippen molar-refractivity contribution in [3.05, 3.63) is 21.6 Å². The predicted molar refractivity (Wildman–Crippen MR) is 116 cm³/mol. The van der Waals surface area contributed by atoms with Crippen LogP contribution in [0.15, 0.2) is 11.0 Å². The molecule has 162 valence electrons. The Balaban J connectivity index is 1.38. The molecule has 0 aromatic carbocycles. The molecule has 3 aliphatic rings. The van der Waals surface area contributed by atoms with Crippen molar-refractivity contribution >= 4 is 29.1 Å². The van der Waals surface area contributed by atoms with Crippen molar-refractivity contribution in [3.63, 3.8) is 0 Å². The van der Waals surface area contributed by atoms with E-state index >= 15 is 0 Å². The lowest BCUT2D eigenvalue weighted by atomic mass is 9.90. The van der Waals surface area contributed by atoms with Crippen LogP contribution in [0.1, 0.15) is 57.4 Å². The molecule has 0 amide bonds. The SMILES string of the molecule is O=[SH][N+]1([C@H]2CC[C@H](n3ncc(NC[C@H]4CCCOC4)c(Cl)c3=O)CC2)CCCC1. The van der Waals surface area contributed by atoms with Gasteiger partial charge in [0, 0.05) is 38.8 Å². The van der Waals surface area contributed by atoms with Crippen LogP contribution in [0, 0.1) is 5.92 Å². The fourth-order valence-electron chi connectivity index (χ4n) is 5.23. The van der Waals surface area contributed by atoms with E-state index in [1.165, 1.54) is 0 Å². The van der Waals surface area contributed by atoms with Crippen molar-refractivity contribution in [2.24, 2.45) is 5.92 Å². The summed E-state index contributed by atoms with van der Waals surface area (Å²) in [5.74, 6) is 0.443. The Kier molecular flexibility index (Phi) is 6.94. The van der Waals surface area contributed by atoms with E-state index < -0.39 is 0 Å². The number of thiol groups is 1. The minimum absolute atomic E-state index is 0.0722. The summed E-state index contributed by atoms with van der Waals surface area (Å²) in [5.41, 5.74) is 0.394. The first kappa shape index (κ1) is 21.3. The summed E-state index contributed by atoms with van der Waals surface area (Å²) in [6, 6.07) is 0.501. The summed E-state index contributed by atoms with van der Waals surface area (Å²) >= 11 is 6.65. The van der Waals surface area contributed by atoms with E-state index in [0.29, 0.717) is 21.5 Å². The van der Waals surface area contributed by atoms with E-state index in [4.69, 9.17) is 16.3 Å². The van der Waals surface area contributed by atoms with Gasteiger partial charge in [-0.15, -0.1) is 0 Å². The molecule has 1 aromatic heterocycles. The first-order valence-electron chi connectivity index (χ1n) is 10.9. The number of hydrogen-bond donors (Lipinski definition) is 2. The molecule has 3 fully saturated rings. The zero-order chi connectivity index (χ0) is 20.3. The lowest BCUT2D eigenvalue weighted by Gasteiger charge is -2.39. The molecule has 0 unspecified atom stereocenters. The van der Waals surface area contributed by atoms with Crippen molar-refractivity contribution < 1.29 is 12.8 Å². The number of anilines is 1. The van der Waals surface area contributed by atoms with E-state index in [1.807, 2.05) is 0 Å². The van der Waals surface area contributed by atoms with Gasteiger partial charge in [0.05, 0.1) is 37.6 Å². The van der Waals surface area contributed by atoms with Crippen LogP contribution in [0.4, 0.5) is 5.69 Å². The summed E-state index contributed by atoms with van der Waals surface area (Å²) in [4.78, 5) is 12.8. The van der Waals surface area contributed by atoms with Crippen LogP contribution < -0.4 is 10.9 Å². The number of halogens is 1. The quantitative estimate of drug-likeness (QED) is 0.522. The Labute approximate surface area is 181 Å². The largest absolute Gasteiger partial charge is 0.382 e. The van der Waals surface area contributed by atoms with Gasteiger partial charge in [0.2, 0.25) is 0 Å². The molecule has 7 nitrogen and oxygen atoms in total. The van der Waals surface area contributed by atoms with Crippen LogP contribution in [0.5, 0.6) is 0 Å². The van der Waals surface area contributed by atoms with Gasteiger partial charge < -0.3 is 10.1 Å². The van der Waals surface area contributed by atoms with Crippen molar-refractivity contribution in [1.82, 2.24) is 9.78 Å². The number of rotatable bonds is 6. The highest BCUT2D eigenvalue weighted by molar-refractivity contribution is 7.59. The molecule has 4 rings (SSSR count). The van der Waals surface area contributed by atoms with E-state index in [0.717, 1.165) is 84.2 Å². The van der Waals surface area contributed by atoms with Gasteiger partial charge in [0.1, 0.15) is 11.1 Å². The number of hydrogen-bond acceptors (Lipinski definition) is 5. The van der Waals surface area contributed by atoms with Crippen LogP contribution >= 0.6 is 11.6 Å². The number of ether oxygens (including phenoxy) is 1. The summed E-state index contributed by atoms with van der Waals surface area (Å²) in [6.45, 7) is 4.35. The fourth-order valence-corrected chi connectivity index (χ4v) is 6.24. The number of likely N-dealkylation sites (tertiary alicyclic amines) is 1. The topological polar surface area (TPSA) is 73.2 Å². The Morgan fingerprint density at radius 3 is 2.62 bits per heavy atom. The maximum atomic E-state index is 12.8. The lowest BCUT2D eigenvalue weighted by Crippen LogP contribution is -2.51. The Morgan fingerprint density at radius 2 is 1.97 bits per heavy atom. The molecule has 1 saturated carbocycles. The van der Waals surface area contributed by atoms with Gasteiger partial charge in [0.25, 0.3) is 5.56 Å². The summed E-state index contributed by atoms with van der Waals surface area (Å²) in [5, 5.41) is 7.95. The number of nitrogens with zero attached hydrogens (tertiary/aromatic N) is 3. The molecule has 29 heavy (non-hydrogen) atoms. The van der Waals surface area contributed by atoms with Crippen LogP contribution in [0.2, 0.25) is 5.02 Å². The average molecular weight is 444 g/mol. The zero-order valence-electron chi connectivity index (χ0n) is 16.9. The highest BCUT2D eigenvalue weighted by Crippen LogP contribution is 2.36. The van der Waals surface area contributed by atoms with Crippen LogP contribution in [-0.2, 0) is 16.6 Å². The molecule has 3 heterocycles. The van der Waals surface area contributed by atoms with Crippen LogP contribution in [0.25, 0.3) is 0 Å². The summed E-state index contributed by atoms with van der Waals surface area (Å²) < 4.78 is 19.6. The second-order valence-electron chi connectivity index (χ2n) is 8.77. The Bertz CT molecular complexity index is 769. The fraction of sp³-hybridized carbons (Fsp3) is 0.800. The van der Waals surface area contributed by atoms with E-state index in [-0.39, 0.29) is 28.5 Å². The highest BCUT2D eigenvalue weighted by Gasteiger charge is 2.42. The van der Waals surface area contributed by atoms with Gasteiger partial charge in [-0.25, -0.2) is 12.8 Å². The van der Waals surface area contributed by atoms with Crippen molar-refractivity contribution in [2.75, 3.05) is 38.2 Å². The van der Waals surface area contributed by atoms with Gasteiger partial charge in [-0.1, -0.05) is 11.6 Å². The minimum atomic E-state index is -0.216. The van der Waals surface area contributed by atoms with Gasteiger partial charge >= 0.3 is 0 Å². The molecule has 1 aromatic rings. The minimum Gasteiger partial charge on any atom is -0.382 e. The molecule has 0 spiro atoms. The monoisotopic (exact) mass is 443 g/mol. The van der Waals surface area contributed by atoms with Crippen molar-refractivity contribution in [1.29, 1.82) is 0 Å². The lowest BCUT2D eigenvalue weighted by molar-refractivity contribution is -0.814. The first-order valence-corrected chi connectivity index (χ1v) is 12.1. The normalized spacial score (nSPS) is 29.6. The van der Waals surface area contributed by atoms with Gasteiger partial charge in [-0.05, 0) is 31.6 Å².